The van der Waals surface area contributed by atoms with Gasteiger partial charge in [-0.15, -0.1) is 6.58 Å². The van der Waals surface area contributed by atoms with Crippen molar-refractivity contribution in [2.45, 2.75) is 12.7 Å². The van der Waals surface area contributed by atoms with Crippen LogP contribution < -0.4 is 0 Å². The van der Waals surface area contributed by atoms with Crippen LogP contribution in [-0.4, -0.2) is 0 Å². The van der Waals surface area contributed by atoms with Crippen LogP contribution in [0.3, 0.4) is 0 Å². The topological polar surface area (TPSA) is 9.23 Å². The molecule has 0 aliphatic heterocycles. The fourth-order valence-corrected chi connectivity index (χ4v) is 1.88. The summed E-state index contributed by atoms with van der Waals surface area (Å²) >= 11 is 0. The molecule has 96 valence electrons. The Bertz CT molecular complexity index is 525. The molecule has 2 aromatic rings. The van der Waals surface area contributed by atoms with Gasteiger partial charge in [-0.3, -0.25) is 0 Å². The van der Waals surface area contributed by atoms with Gasteiger partial charge >= 0.3 is 0 Å². The lowest BCUT2D eigenvalue weighted by molar-refractivity contribution is 0.0720. The van der Waals surface area contributed by atoms with Gasteiger partial charge in [0.15, 0.2) is 0 Å². The second-order valence-electron chi connectivity index (χ2n) is 4.32. The third-order valence-corrected chi connectivity index (χ3v) is 2.99. The van der Waals surface area contributed by atoms with Crippen molar-refractivity contribution in [2.24, 2.45) is 0 Å². The fourth-order valence-electron chi connectivity index (χ4n) is 1.88. The van der Waals surface area contributed by atoms with E-state index in [0.29, 0.717) is 6.61 Å². The van der Waals surface area contributed by atoms with E-state index < -0.39 is 0 Å². The van der Waals surface area contributed by atoms with Gasteiger partial charge in [0.05, 0.1) is 6.61 Å². The highest BCUT2D eigenvalue weighted by Gasteiger charge is 2.07. The predicted molar refractivity (Wildman–Crippen MR) is 80.7 cm³/mol. The van der Waals surface area contributed by atoms with Gasteiger partial charge in [0.1, 0.15) is 6.10 Å². The molecular formula is C18H18O. The second-order valence-corrected chi connectivity index (χ2v) is 4.32. The first-order valence-corrected chi connectivity index (χ1v) is 6.34. The van der Waals surface area contributed by atoms with Crippen molar-refractivity contribution in [3.63, 3.8) is 0 Å². The molecule has 0 heterocycles. The van der Waals surface area contributed by atoms with Crippen molar-refractivity contribution in [1.29, 1.82) is 0 Å². The molecule has 0 fully saturated rings. The summed E-state index contributed by atoms with van der Waals surface area (Å²) in [6.07, 6.45) is 3.59. The lowest BCUT2D eigenvalue weighted by Crippen LogP contribution is -2.01. The molecule has 0 bridgehead atoms. The van der Waals surface area contributed by atoms with E-state index in [9.17, 15) is 0 Å². The Kier molecular flexibility index (Phi) is 4.71. The van der Waals surface area contributed by atoms with Gasteiger partial charge < -0.3 is 4.74 Å². The van der Waals surface area contributed by atoms with E-state index >= 15 is 0 Å². The smallest absolute Gasteiger partial charge is 0.101 e. The van der Waals surface area contributed by atoms with Crippen molar-refractivity contribution < 1.29 is 4.74 Å². The quantitative estimate of drug-likeness (QED) is 0.671. The summed E-state index contributed by atoms with van der Waals surface area (Å²) in [4.78, 5) is 0. The highest BCUT2D eigenvalue weighted by Crippen LogP contribution is 2.20. The average Bonchev–Trinajstić information content (AvgIpc) is 2.49. The number of hydrogen-bond acceptors (Lipinski definition) is 1. The maximum absolute atomic E-state index is 5.89. The molecule has 19 heavy (non-hydrogen) atoms. The van der Waals surface area contributed by atoms with E-state index in [2.05, 4.69) is 25.3 Å². The van der Waals surface area contributed by atoms with E-state index in [-0.39, 0.29) is 6.10 Å². The van der Waals surface area contributed by atoms with Gasteiger partial charge in [0.25, 0.3) is 0 Å². The standard InChI is InChI=1S/C18H18O/c1-3-15-10-12-16(13-11-15)14-19-18(4-2)17-8-6-5-7-9-17/h3-13,18H,1-2,14H2. The number of rotatable bonds is 6. The van der Waals surface area contributed by atoms with Gasteiger partial charge in [0, 0.05) is 0 Å². The molecule has 0 saturated heterocycles. The summed E-state index contributed by atoms with van der Waals surface area (Å²) in [5, 5.41) is 0. The van der Waals surface area contributed by atoms with Crippen LogP contribution >= 0.6 is 0 Å². The van der Waals surface area contributed by atoms with Crippen molar-refractivity contribution in [1.82, 2.24) is 0 Å². The Labute approximate surface area is 114 Å². The third-order valence-electron chi connectivity index (χ3n) is 2.99. The third kappa shape index (κ3) is 3.67. The van der Waals surface area contributed by atoms with Crippen LogP contribution in [0.15, 0.2) is 73.8 Å². The van der Waals surface area contributed by atoms with Crippen LogP contribution in [0.1, 0.15) is 22.8 Å². The summed E-state index contributed by atoms with van der Waals surface area (Å²) < 4.78 is 5.89. The largest absolute Gasteiger partial charge is 0.365 e. The van der Waals surface area contributed by atoms with Gasteiger partial charge in [0.2, 0.25) is 0 Å². The van der Waals surface area contributed by atoms with Gasteiger partial charge in [-0.05, 0) is 16.7 Å². The Hall–Kier alpha value is -2.12. The first kappa shape index (κ1) is 13.3. The van der Waals surface area contributed by atoms with Crippen molar-refractivity contribution in [3.8, 4) is 0 Å². The Balaban J connectivity index is 1.99. The van der Waals surface area contributed by atoms with Crippen LogP contribution in [0, 0.1) is 0 Å². The van der Waals surface area contributed by atoms with E-state index in [1.807, 2.05) is 54.6 Å². The molecule has 1 nitrogen and oxygen atoms in total. The summed E-state index contributed by atoms with van der Waals surface area (Å²) in [6.45, 7) is 8.15. The maximum Gasteiger partial charge on any atom is 0.101 e. The van der Waals surface area contributed by atoms with E-state index in [0.717, 1.165) is 16.7 Å². The molecule has 0 spiro atoms. The summed E-state index contributed by atoms with van der Waals surface area (Å²) in [5.41, 5.74) is 3.39. The number of hydrogen-bond donors (Lipinski definition) is 0. The minimum Gasteiger partial charge on any atom is -0.365 e. The minimum absolute atomic E-state index is 0.0692. The number of benzene rings is 2. The Morgan fingerprint density at radius 2 is 1.63 bits per heavy atom. The molecule has 0 aromatic heterocycles. The molecular weight excluding hydrogens is 232 g/mol. The molecule has 2 rings (SSSR count). The fraction of sp³-hybridized carbons (Fsp3) is 0.111. The molecule has 0 amide bonds. The molecule has 1 atom stereocenters. The molecule has 0 N–H and O–H groups in total. The lowest BCUT2D eigenvalue weighted by atomic mass is 10.1. The van der Waals surface area contributed by atoms with Crippen LogP contribution in [0.5, 0.6) is 0 Å². The Morgan fingerprint density at radius 3 is 2.21 bits per heavy atom. The zero-order valence-corrected chi connectivity index (χ0v) is 11.0. The highest BCUT2D eigenvalue weighted by atomic mass is 16.5. The van der Waals surface area contributed by atoms with Gasteiger partial charge in [-0.1, -0.05) is 73.3 Å². The summed E-state index contributed by atoms with van der Waals surface area (Å²) in [7, 11) is 0. The zero-order valence-electron chi connectivity index (χ0n) is 11.0. The molecule has 1 heteroatoms. The highest BCUT2D eigenvalue weighted by molar-refractivity contribution is 5.47. The minimum atomic E-state index is -0.0692. The van der Waals surface area contributed by atoms with Crippen LogP contribution in [0.2, 0.25) is 0 Å². The first-order chi connectivity index (χ1) is 9.33. The zero-order chi connectivity index (χ0) is 13.5. The molecule has 1 unspecified atom stereocenters. The van der Waals surface area contributed by atoms with Crippen molar-refractivity contribution >= 4 is 6.08 Å². The monoisotopic (exact) mass is 250 g/mol. The number of ether oxygens (including phenoxy) is 1. The summed E-state index contributed by atoms with van der Waals surface area (Å²) in [6, 6.07) is 18.3. The van der Waals surface area contributed by atoms with Crippen molar-refractivity contribution in [2.75, 3.05) is 0 Å². The Morgan fingerprint density at radius 1 is 0.947 bits per heavy atom. The first-order valence-electron chi connectivity index (χ1n) is 6.34. The molecule has 0 saturated carbocycles. The molecule has 0 radical (unpaired) electrons. The van der Waals surface area contributed by atoms with Crippen LogP contribution in [0.25, 0.3) is 6.08 Å². The molecule has 2 aromatic carbocycles. The van der Waals surface area contributed by atoms with Crippen molar-refractivity contribution in [3.05, 3.63) is 90.5 Å². The van der Waals surface area contributed by atoms with Gasteiger partial charge in [-0.2, -0.15) is 0 Å². The second kappa shape index (κ2) is 6.72. The molecule has 0 aliphatic rings. The average molecular weight is 250 g/mol. The lowest BCUT2D eigenvalue weighted by Gasteiger charge is -2.14. The van der Waals surface area contributed by atoms with Crippen LogP contribution in [-0.2, 0) is 11.3 Å². The van der Waals surface area contributed by atoms with E-state index in [4.69, 9.17) is 4.74 Å². The normalized spacial score (nSPS) is 11.8. The molecule has 0 aliphatic carbocycles. The van der Waals surface area contributed by atoms with Gasteiger partial charge in [-0.25, -0.2) is 0 Å². The summed E-state index contributed by atoms with van der Waals surface area (Å²) in [5.74, 6) is 0. The maximum atomic E-state index is 5.89. The van der Waals surface area contributed by atoms with Crippen LogP contribution in [0.4, 0.5) is 0 Å². The van der Waals surface area contributed by atoms with E-state index in [1.54, 1.807) is 0 Å². The van der Waals surface area contributed by atoms with E-state index in [1.165, 1.54) is 0 Å². The SMILES string of the molecule is C=Cc1ccc(COC(C=C)c2ccccc2)cc1. The predicted octanol–water partition coefficient (Wildman–Crippen LogP) is 4.77.